The van der Waals surface area contributed by atoms with E-state index in [1.807, 2.05) is 36.4 Å². The van der Waals surface area contributed by atoms with Gasteiger partial charge in [-0.25, -0.2) is 0 Å². The molecule has 6 heteroatoms. The number of nitrogens with one attached hydrogen (secondary N) is 2. The summed E-state index contributed by atoms with van der Waals surface area (Å²) in [5, 5.41) is 6.00. The molecule has 1 saturated heterocycles. The average molecular weight is 353 g/mol. The first-order valence-corrected chi connectivity index (χ1v) is 9.13. The van der Waals surface area contributed by atoms with Gasteiger partial charge >= 0.3 is 0 Å². The zero-order valence-electron chi connectivity index (χ0n) is 13.9. The zero-order valence-corrected chi connectivity index (χ0v) is 14.7. The fourth-order valence-corrected chi connectivity index (χ4v) is 4.24. The first kappa shape index (κ1) is 16.2. The highest BCUT2D eigenvalue weighted by atomic mass is 32.2. The Morgan fingerprint density at radius 2 is 2.08 bits per heavy atom. The normalized spacial score (nSPS) is 19.6. The molecular weight excluding hydrogens is 334 g/mol. The third-order valence-corrected chi connectivity index (χ3v) is 5.72. The minimum Gasteiger partial charge on any atom is -0.348 e. The Balaban J connectivity index is 1.57. The van der Waals surface area contributed by atoms with Crippen molar-refractivity contribution in [3.8, 4) is 0 Å². The van der Waals surface area contributed by atoms with Gasteiger partial charge in [0.15, 0.2) is 0 Å². The SMILES string of the molecule is CN1CCC(NC(=O)c2ccc3c(c2)NC(=O)c2ccccc2S3)C1. The molecule has 128 valence electrons. The van der Waals surface area contributed by atoms with E-state index < -0.39 is 0 Å². The van der Waals surface area contributed by atoms with Crippen LogP contribution < -0.4 is 10.6 Å². The van der Waals surface area contributed by atoms with Crippen LogP contribution in [0.4, 0.5) is 5.69 Å². The summed E-state index contributed by atoms with van der Waals surface area (Å²) in [7, 11) is 2.05. The minimum absolute atomic E-state index is 0.0934. The molecular formula is C19H19N3O2S. The van der Waals surface area contributed by atoms with Crippen molar-refractivity contribution in [2.24, 2.45) is 0 Å². The number of benzene rings is 2. The van der Waals surface area contributed by atoms with Gasteiger partial charge < -0.3 is 15.5 Å². The molecule has 0 bridgehead atoms. The van der Waals surface area contributed by atoms with Gasteiger partial charge in [0.1, 0.15) is 0 Å². The maximum atomic E-state index is 12.5. The van der Waals surface area contributed by atoms with Gasteiger partial charge in [-0.05, 0) is 50.3 Å². The fraction of sp³-hybridized carbons (Fsp3) is 0.263. The van der Waals surface area contributed by atoms with Crippen molar-refractivity contribution in [1.82, 2.24) is 10.2 Å². The number of amides is 2. The van der Waals surface area contributed by atoms with Gasteiger partial charge in [0, 0.05) is 27.9 Å². The number of likely N-dealkylation sites (tertiary alicyclic amines) is 1. The molecule has 1 unspecified atom stereocenters. The number of anilines is 1. The lowest BCUT2D eigenvalue weighted by molar-refractivity contribution is 0.0937. The maximum absolute atomic E-state index is 12.5. The number of likely N-dealkylation sites (N-methyl/N-ethyl adjacent to an activating group) is 1. The molecule has 0 saturated carbocycles. The summed E-state index contributed by atoms with van der Waals surface area (Å²) in [6.07, 6.45) is 0.967. The van der Waals surface area contributed by atoms with Crippen molar-refractivity contribution in [3.05, 3.63) is 53.6 Å². The van der Waals surface area contributed by atoms with Crippen molar-refractivity contribution in [2.45, 2.75) is 22.3 Å². The van der Waals surface area contributed by atoms with Gasteiger partial charge in [0.25, 0.3) is 11.8 Å². The number of rotatable bonds is 2. The molecule has 2 aromatic carbocycles. The van der Waals surface area contributed by atoms with Gasteiger partial charge in [-0.1, -0.05) is 23.9 Å². The number of carbonyl (C=O) groups is 2. The van der Waals surface area contributed by atoms with E-state index in [0.717, 1.165) is 29.3 Å². The fourth-order valence-electron chi connectivity index (χ4n) is 3.23. The van der Waals surface area contributed by atoms with Crippen molar-refractivity contribution in [1.29, 1.82) is 0 Å². The zero-order chi connectivity index (χ0) is 17.4. The summed E-state index contributed by atoms with van der Waals surface area (Å²) >= 11 is 1.54. The van der Waals surface area contributed by atoms with Crippen LogP contribution >= 0.6 is 11.8 Å². The highest BCUT2D eigenvalue weighted by molar-refractivity contribution is 7.99. The number of carbonyl (C=O) groups excluding carboxylic acids is 2. The molecule has 2 aromatic rings. The summed E-state index contributed by atoms with van der Waals surface area (Å²) in [5.41, 5.74) is 1.91. The van der Waals surface area contributed by atoms with Crippen LogP contribution in [0.2, 0.25) is 0 Å². The van der Waals surface area contributed by atoms with Crippen molar-refractivity contribution in [3.63, 3.8) is 0 Å². The Morgan fingerprint density at radius 3 is 2.88 bits per heavy atom. The largest absolute Gasteiger partial charge is 0.348 e. The van der Waals surface area contributed by atoms with Crippen LogP contribution in [0.25, 0.3) is 0 Å². The Morgan fingerprint density at radius 1 is 1.24 bits per heavy atom. The van der Waals surface area contributed by atoms with Crippen LogP contribution in [0, 0.1) is 0 Å². The molecule has 25 heavy (non-hydrogen) atoms. The van der Waals surface area contributed by atoms with E-state index in [4.69, 9.17) is 0 Å². The van der Waals surface area contributed by atoms with Crippen molar-refractivity contribution < 1.29 is 9.59 Å². The first-order chi connectivity index (χ1) is 12.1. The van der Waals surface area contributed by atoms with Gasteiger partial charge in [-0.2, -0.15) is 0 Å². The molecule has 1 atom stereocenters. The molecule has 2 aliphatic rings. The molecule has 2 heterocycles. The van der Waals surface area contributed by atoms with Gasteiger partial charge in [0.05, 0.1) is 11.3 Å². The van der Waals surface area contributed by atoms with Gasteiger partial charge in [0.2, 0.25) is 0 Å². The molecule has 0 spiro atoms. The van der Waals surface area contributed by atoms with Crippen molar-refractivity contribution >= 4 is 29.3 Å². The van der Waals surface area contributed by atoms with Crippen LogP contribution in [0.3, 0.4) is 0 Å². The Labute approximate surface area is 150 Å². The molecule has 1 fully saturated rings. The van der Waals surface area contributed by atoms with E-state index in [1.54, 1.807) is 6.07 Å². The van der Waals surface area contributed by atoms with E-state index in [-0.39, 0.29) is 17.9 Å². The molecule has 2 amide bonds. The predicted octanol–water partition coefficient (Wildman–Crippen LogP) is 2.84. The topological polar surface area (TPSA) is 61.4 Å². The number of nitrogens with zero attached hydrogens (tertiary/aromatic N) is 1. The molecule has 2 aliphatic heterocycles. The van der Waals surface area contributed by atoms with Crippen LogP contribution in [-0.4, -0.2) is 42.9 Å². The smallest absolute Gasteiger partial charge is 0.256 e. The molecule has 0 aliphatic carbocycles. The molecule has 0 aromatic heterocycles. The second kappa shape index (κ2) is 6.54. The predicted molar refractivity (Wildman–Crippen MR) is 98.3 cm³/mol. The van der Waals surface area contributed by atoms with Crippen LogP contribution in [-0.2, 0) is 0 Å². The Bertz CT molecular complexity index is 852. The highest BCUT2D eigenvalue weighted by Gasteiger charge is 2.23. The Hall–Kier alpha value is -2.31. The second-order valence-corrected chi connectivity index (χ2v) is 7.57. The lowest BCUT2D eigenvalue weighted by Crippen LogP contribution is -2.36. The molecule has 4 rings (SSSR count). The van der Waals surface area contributed by atoms with E-state index in [9.17, 15) is 9.59 Å². The Kier molecular flexibility index (Phi) is 4.23. The van der Waals surface area contributed by atoms with E-state index in [1.165, 1.54) is 11.8 Å². The van der Waals surface area contributed by atoms with Crippen LogP contribution in [0.1, 0.15) is 27.1 Å². The molecule has 2 N–H and O–H groups in total. The summed E-state index contributed by atoms with van der Waals surface area (Å²) in [6.45, 7) is 1.87. The highest BCUT2D eigenvalue weighted by Crippen LogP contribution is 2.38. The first-order valence-electron chi connectivity index (χ1n) is 8.32. The van der Waals surface area contributed by atoms with Gasteiger partial charge in [-0.15, -0.1) is 0 Å². The number of hydrogen-bond donors (Lipinski definition) is 2. The lowest BCUT2D eigenvalue weighted by atomic mass is 10.1. The monoisotopic (exact) mass is 353 g/mol. The van der Waals surface area contributed by atoms with Crippen molar-refractivity contribution in [2.75, 3.05) is 25.5 Å². The maximum Gasteiger partial charge on any atom is 0.256 e. The summed E-state index contributed by atoms with van der Waals surface area (Å²) < 4.78 is 0. The molecule has 0 radical (unpaired) electrons. The van der Waals surface area contributed by atoms with Crippen LogP contribution in [0.15, 0.2) is 52.3 Å². The summed E-state index contributed by atoms with van der Waals surface area (Å²) in [5.74, 6) is -0.235. The van der Waals surface area contributed by atoms with E-state index in [0.29, 0.717) is 16.8 Å². The van der Waals surface area contributed by atoms with Crippen LogP contribution in [0.5, 0.6) is 0 Å². The number of hydrogen-bond acceptors (Lipinski definition) is 4. The quantitative estimate of drug-likeness (QED) is 0.872. The third-order valence-electron chi connectivity index (χ3n) is 4.57. The van der Waals surface area contributed by atoms with E-state index in [2.05, 4.69) is 22.6 Å². The number of fused-ring (bicyclic) bond motifs is 2. The van der Waals surface area contributed by atoms with E-state index >= 15 is 0 Å². The summed E-state index contributed by atoms with van der Waals surface area (Å²) in [4.78, 5) is 29.0. The third kappa shape index (κ3) is 3.27. The average Bonchev–Trinajstić information content (AvgIpc) is 2.94. The second-order valence-electron chi connectivity index (χ2n) is 6.48. The lowest BCUT2D eigenvalue weighted by Gasteiger charge is -2.14. The molecule has 5 nitrogen and oxygen atoms in total. The minimum atomic E-state index is -0.142. The van der Waals surface area contributed by atoms with Gasteiger partial charge in [-0.3, -0.25) is 9.59 Å². The summed E-state index contributed by atoms with van der Waals surface area (Å²) in [6, 6.07) is 13.2. The standard InChI is InChI=1S/C19H19N3O2S/c1-22-9-8-13(11-22)20-18(23)12-6-7-17-15(10-12)21-19(24)14-4-2-3-5-16(14)25-17/h2-7,10,13H,8-9,11H2,1H3,(H,20,23)(H,21,24).